The second-order valence-electron chi connectivity index (χ2n) is 10.1. The van der Waals surface area contributed by atoms with Crippen molar-refractivity contribution in [2.45, 2.75) is 101 Å². The highest BCUT2D eigenvalue weighted by molar-refractivity contribution is 5.03. The zero-order valence-electron chi connectivity index (χ0n) is 18.0. The fourth-order valence-corrected chi connectivity index (χ4v) is 3.66. The summed E-state index contributed by atoms with van der Waals surface area (Å²) in [6.07, 6.45) is 0. The van der Waals surface area contributed by atoms with Gasteiger partial charge in [0.15, 0.2) is 0 Å². The van der Waals surface area contributed by atoms with E-state index >= 15 is 0 Å². The number of rotatable bonds is 8. The van der Waals surface area contributed by atoms with Crippen molar-refractivity contribution in [2.75, 3.05) is 6.54 Å². The molecule has 1 nitrogen and oxygen atoms in total. The maximum absolute atomic E-state index is 2.81. The Morgan fingerprint density at radius 2 is 1.14 bits per heavy atom. The van der Waals surface area contributed by atoms with Crippen molar-refractivity contribution >= 4 is 0 Å². The monoisotopic (exact) mass is 311 g/mol. The van der Waals surface area contributed by atoms with Crippen LogP contribution in [0.4, 0.5) is 0 Å². The third-order valence-corrected chi connectivity index (χ3v) is 7.05. The van der Waals surface area contributed by atoms with E-state index in [9.17, 15) is 0 Å². The molecule has 0 aliphatic carbocycles. The minimum Gasteiger partial charge on any atom is -0.292 e. The molecule has 0 saturated heterocycles. The number of hydrogen-bond acceptors (Lipinski definition) is 1. The summed E-state index contributed by atoms with van der Waals surface area (Å²) < 4.78 is 0. The lowest BCUT2D eigenvalue weighted by molar-refractivity contribution is -0.101. The summed E-state index contributed by atoms with van der Waals surface area (Å²) in [6.45, 7) is 32.5. The van der Waals surface area contributed by atoms with Gasteiger partial charge in [0.1, 0.15) is 0 Å². The normalized spacial score (nSPS) is 16.2. The van der Waals surface area contributed by atoms with E-state index in [-0.39, 0.29) is 16.5 Å². The molecule has 0 aliphatic heterocycles. The van der Waals surface area contributed by atoms with E-state index in [1.54, 1.807) is 0 Å². The number of hydrogen-bond donors (Lipinski definition) is 0. The molecule has 22 heavy (non-hydrogen) atoms. The highest BCUT2D eigenvalue weighted by Gasteiger charge is 2.49. The van der Waals surface area contributed by atoms with Crippen molar-refractivity contribution in [1.29, 1.82) is 0 Å². The SMILES string of the molecule is CC(C)CN(C(C)(C)C(C)C(C)C)C(C)(C)C(C)(C)C(C)C. The minimum absolute atomic E-state index is 0.151. The van der Waals surface area contributed by atoms with Crippen LogP contribution in [-0.4, -0.2) is 22.5 Å². The fourth-order valence-electron chi connectivity index (χ4n) is 3.66. The second-order valence-corrected chi connectivity index (χ2v) is 10.1. The molecule has 0 saturated carbocycles. The van der Waals surface area contributed by atoms with Gasteiger partial charge in [0, 0.05) is 17.6 Å². The molecule has 0 aromatic carbocycles. The van der Waals surface area contributed by atoms with E-state index < -0.39 is 0 Å². The zero-order valence-corrected chi connectivity index (χ0v) is 18.0. The van der Waals surface area contributed by atoms with E-state index in [1.165, 1.54) is 0 Å². The summed E-state index contributed by atoms with van der Waals surface area (Å²) in [5.41, 5.74) is 0.599. The van der Waals surface area contributed by atoms with E-state index in [2.05, 4.69) is 94.9 Å². The Hall–Kier alpha value is -0.0400. The lowest BCUT2D eigenvalue weighted by atomic mass is 9.64. The summed E-state index contributed by atoms with van der Waals surface area (Å²) in [6, 6.07) is 0. The van der Waals surface area contributed by atoms with E-state index in [1.807, 2.05) is 0 Å². The predicted molar refractivity (Wildman–Crippen MR) is 102 cm³/mol. The van der Waals surface area contributed by atoms with Crippen LogP contribution in [0.3, 0.4) is 0 Å². The molecule has 0 aliphatic rings. The summed E-state index contributed by atoms with van der Waals surface area (Å²) in [4.78, 5) is 2.81. The lowest BCUT2D eigenvalue weighted by Gasteiger charge is -2.59. The Balaban J connectivity index is 5.93. The molecule has 134 valence electrons. The van der Waals surface area contributed by atoms with Gasteiger partial charge in [-0.05, 0) is 56.8 Å². The summed E-state index contributed by atoms with van der Waals surface area (Å²) in [5.74, 6) is 2.69. The van der Waals surface area contributed by atoms with E-state index in [4.69, 9.17) is 0 Å². The molecule has 0 rings (SSSR count). The quantitative estimate of drug-likeness (QED) is 0.496. The van der Waals surface area contributed by atoms with Gasteiger partial charge in [-0.3, -0.25) is 4.90 Å². The topological polar surface area (TPSA) is 3.24 Å². The Morgan fingerprint density at radius 3 is 1.41 bits per heavy atom. The van der Waals surface area contributed by atoms with E-state index in [0.29, 0.717) is 23.7 Å². The van der Waals surface area contributed by atoms with Gasteiger partial charge in [-0.25, -0.2) is 0 Å². The molecule has 0 spiro atoms. The van der Waals surface area contributed by atoms with Crippen LogP contribution in [0.25, 0.3) is 0 Å². The predicted octanol–water partition coefficient (Wildman–Crippen LogP) is 6.48. The lowest BCUT2D eigenvalue weighted by Crippen LogP contribution is -2.65. The maximum Gasteiger partial charge on any atom is 0.0212 e. The van der Waals surface area contributed by atoms with Gasteiger partial charge in [-0.15, -0.1) is 0 Å². The largest absolute Gasteiger partial charge is 0.292 e. The van der Waals surface area contributed by atoms with Gasteiger partial charge in [-0.1, -0.05) is 62.3 Å². The van der Waals surface area contributed by atoms with Crippen LogP contribution in [0.1, 0.15) is 90.0 Å². The Labute approximate surface area is 142 Å². The third kappa shape index (κ3) is 4.28. The summed E-state index contributed by atoms with van der Waals surface area (Å²) in [5, 5.41) is 0. The highest BCUT2D eigenvalue weighted by Crippen LogP contribution is 2.46. The molecular formula is C21H45N. The van der Waals surface area contributed by atoms with Gasteiger partial charge in [0.05, 0.1) is 0 Å². The van der Waals surface area contributed by atoms with Crippen molar-refractivity contribution < 1.29 is 0 Å². The van der Waals surface area contributed by atoms with Crippen LogP contribution in [0, 0.1) is 29.1 Å². The maximum atomic E-state index is 2.81. The van der Waals surface area contributed by atoms with Gasteiger partial charge >= 0.3 is 0 Å². The van der Waals surface area contributed by atoms with Crippen LogP contribution in [0.15, 0.2) is 0 Å². The standard InChI is InChI=1S/C21H45N/c1-15(2)14-22(20(10,11)18(7)16(3)4)21(12,13)19(8,9)17(5)6/h15-18H,14H2,1-13H3. The van der Waals surface area contributed by atoms with Crippen LogP contribution in [0.5, 0.6) is 0 Å². The Bertz CT molecular complexity index is 334. The first kappa shape index (κ1) is 22.0. The zero-order chi connectivity index (χ0) is 18.1. The average Bonchev–Trinajstić information content (AvgIpc) is 2.33. The van der Waals surface area contributed by atoms with Crippen molar-refractivity contribution in [3.8, 4) is 0 Å². The molecule has 1 atom stereocenters. The van der Waals surface area contributed by atoms with Crippen molar-refractivity contribution in [2.24, 2.45) is 29.1 Å². The molecule has 1 unspecified atom stereocenters. The van der Waals surface area contributed by atoms with Crippen LogP contribution in [-0.2, 0) is 0 Å². The van der Waals surface area contributed by atoms with Crippen LogP contribution >= 0.6 is 0 Å². The van der Waals surface area contributed by atoms with Gasteiger partial charge < -0.3 is 0 Å². The minimum atomic E-state index is 0.151. The Morgan fingerprint density at radius 1 is 0.727 bits per heavy atom. The molecule has 0 fully saturated rings. The molecular weight excluding hydrogens is 266 g/mol. The van der Waals surface area contributed by atoms with Gasteiger partial charge in [0.25, 0.3) is 0 Å². The van der Waals surface area contributed by atoms with Crippen molar-refractivity contribution in [3.63, 3.8) is 0 Å². The van der Waals surface area contributed by atoms with E-state index in [0.717, 1.165) is 6.54 Å². The fraction of sp³-hybridized carbons (Fsp3) is 1.00. The van der Waals surface area contributed by atoms with Gasteiger partial charge in [-0.2, -0.15) is 0 Å². The van der Waals surface area contributed by atoms with Crippen LogP contribution in [0.2, 0.25) is 0 Å². The Kier molecular flexibility index (Phi) is 7.23. The molecule has 0 aromatic heterocycles. The molecule has 0 radical (unpaired) electrons. The van der Waals surface area contributed by atoms with Gasteiger partial charge in [0.2, 0.25) is 0 Å². The average molecular weight is 312 g/mol. The van der Waals surface area contributed by atoms with Crippen LogP contribution < -0.4 is 0 Å². The molecule has 1 heteroatoms. The second kappa shape index (κ2) is 7.24. The van der Waals surface area contributed by atoms with Crippen molar-refractivity contribution in [3.05, 3.63) is 0 Å². The highest BCUT2D eigenvalue weighted by atomic mass is 15.3. The first-order valence-electron chi connectivity index (χ1n) is 9.37. The third-order valence-electron chi connectivity index (χ3n) is 7.05. The first-order chi connectivity index (χ1) is 9.60. The molecule has 0 N–H and O–H groups in total. The summed E-state index contributed by atoms with van der Waals surface area (Å²) in [7, 11) is 0. The smallest absolute Gasteiger partial charge is 0.0212 e. The van der Waals surface area contributed by atoms with Crippen molar-refractivity contribution in [1.82, 2.24) is 4.90 Å². The molecule has 0 bridgehead atoms. The molecule has 0 heterocycles. The molecule has 0 aromatic rings. The molecule has 0 amide bonds. The first-order valence-corrected chi connectivity index (χ1v) is 9.37. The summed E-state index contributed by atoms with van der Waals surface area (Å²) >= 11 is 0. The number of nitrogens with zero attached hydrogens (tertiary/aromatic N) is 1.